The first kappa shape index (κ1) is 8.74. The van der Waals surface area contributed by atoms with Gasteiger partial charge in [-0.25, -0.2) is 0 Å². The molecule has 1 aromatic heterocycles. The van der Waals surface area contributed by atoms with Crippen LogP contribution < -0.4 is 5.73 Å². The van der Waals surface area contributed by atoms with Crippen molar-refractivity contribution in [3.63, 3.8) is 0 Å². The quantitative estimate of drug-likeness (QED) is 0.750. The molecular weight excluding hydrogens is 181 g/mol. The Labute approximate surface area is 80.9 Å². The van der Waals surface area contributed by atoms with E-state index in [-0.39, 0.29) is 0 Å². The first-order valence-electron chi connectivity index (χ1n) is 4.27. The maximum Gasteiger partial charge on any atom is 0.118 e. The van der Waals surface area contributed by atoms with Crippen LogP contribution in [0.2, 0.25) is 0 Å². The number of hydrogen-bond donors (Lipinski definition) is 1. The van der Waals surface area contributed by atoms with Gasteiger partial charge in [-0.15, -0.1) is 5.10 Å². The second-order valence-electron chi connectivity index (χ2n) is 3.07. The molecule has 2 aromatic rings. The largest absolute Gasteiger partial charge is 0.395 e. The summed E-state index contributed by atoms with van der Waals surface area (Å²) in [5.74, 6) is 0. The van der Waals surface area contributed by atoms with Gasteiger partial charge in [-0.05, 0) is 6.92 Å². The minimum atomic E-state index is 0.303. The smallest absolute Gasteiger partial charge is 0.118 e. The molecule has 0 aliphatic heterocycles. The summed E-state index contributed by atoms with van der Waals surface area (Å²) < 4.78 is 13.0. The molecule has 0 saturated carbocycles. The maximum atomic E-state index is 13.0. The van der Waals surface area contributed by atoms with Crippen molar-refractivity contribution in [1.29, 1.82) is 0 Å². The average Bonchev–Trinajstić information content (AvgIpc) is 2.47. The molecule has 0 amide bonds. The van der Waals surface area contributed by atoms with E-state index in [0.29, 0.717) is 22.0 Å². The number of hydrogen-bond acceptors (Lipinski definition) is 2. The van der Waals surface area contributed by atoms with Crippen LogP contribution in [0, 0.1) is 6.92 Å². The number of halogens is 1. The van der Waals surface area contributed by atoms with Crippen LogP contribution in [-0.2, 0) is 0 Å². The molecule has 0 fully saturated rings. The summed E-state index contributed by atoms with van der Waals surface area (Å²) in [4.78, 5) is 0.303. The molecule has 14 heavy (non-hydrogen) atoms. The average molecular weight is 191 g/mol. The molecular formula is C10H10FN3. The molecule has 3 nitrogen and oxygen atoms in total. The number of nitrogen functional groups attached to an aromatic ring is 1. The van der Waals surface area contributed by atoms with E-state index in [4.69, 9.17) is 5.73 Å². The third kappa shape index (κ3) is 1.25. The Hall–Kier alpha value is -1.84. The molecule has 0 spiro atoms. The van der Waals surface area contributed by atoms with Gasteiger partial charge in [0.1, 0.15) is 5.69 Å². The second-order valence-corrected chi connectivity index (χ2v) is 3.07. The zero-order valence-electron chi connectivity index (χ0n) is 7.74. The fraction of sp³-hybridized carbons (Fsp3) is 0.100. The van der Waals surface area contributed by atoms with Gasteiger partial charge >= 0.3 is 0 Å². The van der Waals surface area contributed by atoms with Crippen molar-refractivity contribution in [2.45, 2.75) is 6.92 Å². The van der Waals surface area contributed by atoms with Crippen molar-refractivity contribution >= 4 is 5.69 Å². The summed E-state index contributed by atoms with van der Waals surface area (Å²) in [7, 11) is 0. The van der Waals surface area contributed by atoms with Crippen LogP contribution in [0.4, 0.5) is 10.2 Å². The minimum Gasteiger partial charge on any atom is -0.395 e. The van der Waals surface area contributed by atoms with Crippen molar-refractivity contribution in [1.82, 2.24) is 10.0 Å². The Kier molecular flexibility index (Phi) is 1.96. The topological polar surface area (TPSA) is 43.8 Å². The third-order valence-electron chi connectivity index (χ3n) is 2.16. The third-order valence-corrected chi connectivity index (χ3v) is 2.16. The standard InChI is InChI=1S/C10H10FN3/c1-7-9(12)10(13-14(7)11)8-5-3-2-4-6-8/h2-6H,12H2,1H3. The highest BCUT2D eigenvalue weighted by atomic mass is 19.2. The monoisotopic (exact) mass is 191 g/mol. The Morgan fingerprint density at radius 3 is 2.43 bits per heavy atom. The van der Waals surface area contributed by atoms with E-state index in [0.717, 1.165) is 5.56 Å². The van der Waals surface area contributed by atoms with Gasteiger partial charge in [0.25, 0.3) is 0 Å². The lowest BCUT2D eigenvalue weighted by Gasteiger charge is -1.96. The summed E-state index contributed by atoms with van der Waals surface area (Å²) >= 11 is 0. The van der Waals surface area contributed by atoms with Gasteiger partial charge in [0.05, 0.1) is 11.4 Å². The molecule has 0 saturated heterocycles. The summed E-state index contributed by atoms with van der Waals surface area (Å²) in [6.45, 7) is 1.59. The van der Waals surface area contributed by atoms with Gasteiger partial charge in [-0.3, -0.25) is 0 Å². The molecule has 2 rings (SSSR count). The first-order valence-corrected chi connectivity index (χ1v) is 4.27. The highest BCUT2D eigenvalue weighted by Crippen LogP contribution is 2.26. The Morgan fingerprint density at radius 2 is 1.93 bits per heavy atom. The number of anilines is 1. The molecule has 0 bridgehead atoms. The fourth-order valence-corrected chi connectivity index (χ4v) is 1.30. The number of rotatable bonds is 1. The van der Waals surface area contributed by atoms with E-state index in [1.807, 2.05) is 30.3 Å². The molecule has 72 valence electrons. The molecule has 1 aromatic carbocycles. The fourth-order valence-electron chi connectivity index (χ4n) is 1.30. The van der Waals surface area contributed by atoms with E-state index in [1.165, 1.54) is 0 Å². The van der Waals surface area contributed by atoms with Crippen LogP contribution >= 0.6 is 0 Å². The van der Waals surface area contributed by atoms with Gasteiger partial charge in [-0.1, -0.05) is 39.7 Å². The van der Waals surface area contributed by atoms with Crippen molar-refractivity contribution in [2.24, 2.45) is 0 Å². The van der Waals surface area contributed by atoms with Crippen molar-refractivity contribution < 1.29 is 4.48 Å². The van der Waals surface area contributed by atoms with Crippen molar-refractivity contribution in [3.8, 4) is 11.3 Å². The summed E-state index contributed by atoms with van der Waals surface area (Å²) in [6, 6.07) is 9.30. The molecule has 0 atom stereocenters. The van der Waals surface area contributed by atoms with Gasteiger partial charge in [-0.2, -0.15) is 0 Å². The maximum absolute atomic E-state index is 13.0. The van der Waals surface area contributed by atoms with Gasteiger partial charge in [0.15, 0.2) is 0 Å². The van der Waals surface area contributed by atoms with Crippen LogP contribution in [-0.4, -0.2) is 10.0 Å². The predicted octanol–water partition coefficient (Wildman–Crippen LogP) is 2.17. The SMILES string of the molecule is Cc1c(N)c(-c2ccccc2)nn1F. The van der Waals surface area contributed by atoms with E-state index >= 15 is 0 Å². The summed E-state index contributed by atoms with van der Waals surface area (Å²) in [5.41, 5.74) is 7.75. The van der Waals surface area contributed by atoms with Crippen LogP contribution in [0.15, 0.2) is 30.3 Å². The molecule has 4 heteroatoms. The lowest BCUT2D eigenvalue weighted by molar-refractivity contribution is 0.308. The van der Waals surface area contributed by atoms with E-state index < -0.39 is 0 Å². The molecule has 0 radical (unpaired) electrons. The number of benzene rings is 1. The molecule has 2 N–H and O–H groups in total. The predicted molar refractivity (Wildman–Crippen MR) is 53.3 cm³/mol. The van der Waals surface area contributed by atoms with Gasteiger partial charge in [0.2, 0.25) is 0 Å². The Morgan fingerprint density at radius 1 is 1.29 bits per heavy atom. The second kappa shape index (κ2) is 3.14. The first-order chi connectivity index (χ1) is 6.70. The minimum absolute atomic E-state index is 0.303. The molecule has 1 heterocycles. The number of nitrogens with two attached hydrogens (primary N) is 1. The summed E-state index contributed by atoms with van der Waals surface area (Å²) in [6.07, 6.45) is 0. The van der Waals surface area contributed by atoms with Crippen LogP contribution in [0.25, 0.3) is 11.3 Å². The van der Waals surface area contributed by atoms with Crippen LogP contribution in [0.3, 0.4) is 0 Å². The molecule has 0 aliphatic rings. The zero-order chi connectivity index (χ0) is 10.1. The van der Waals surface area contributed by atoms with Gasteiger partial charge < -0.3 is 5.73 Å². The van der Waals surface area contributed by atoms with Crippen molar-refractivity contribution in [3.05, 3.63) is 36.0 Å². The lowest BCUT2D eigenvalue weighted by Crippen LogP contribution is -1.89. The van der Waals surface area contributed by atoms with E-state index in [1.54, 1.807) is 6.92 Å². The molecule has 0 unspecified atom stereocenters. The van der Waals surface area contributed by atoms with E-state index in [2.05, 4.69) is 5.10 Å². The van der Waals surface area contributed by atoms with Crippen molar-refractivity contribution in [2.75, 3.05) is 5.73 Å². The lowest BCUT2D eigenvalue weighted by atomic mass is 10.1. The van der Waals surface area contributed by atoms with Crippen LogP contribution in [0.1, 0.15) is 5.69 Å². The van der Waals surface area contributed by atoms with Gasteiger partial charge in [0, 0.05) is 5.56 Å². The Bertz CT molecular complexity index is 448. The highest BCUT2D eigenvalue weighted by molar-refractivity contribution is 5.73. The molecule has 0 aliphatic carbocycles. The van der Waals surface area contributed by atoms with Crippen LogP contribution in [0.5, 0.6) is 0 Å². The normalized spacial score (nSPS) is 10.4. The zero-order valence-corrected chi connectivity index (χ0v) is 7.74. The number of nitrogens with zero attached hydrogens (tertiary/aromatic N) is 2. The van der Waals surface area contributed by atoms with E-state index in [9.17, 15) is 4.48 Å². The summed E-state index contributed by atoms with van der Waals surface area (Å²) in [5, 5.41) is 3.70. The highest BCUT2D eigenvalue weighted by Gasteiger charge is 2.12. The Balaban J connectivity index is 2.58. The number of aromatic nitrogens is 2.